The summed E-state index contributed by atoms with van der Waals surface area (Å²) in [5.74, 6) is 0.539. The van der Waals surface area contributed by atoms with Crippen LogP contribution >= 0.6 is 11.3 Å². The van der Waals surface area contributed by atoms with E-state index in [1.807, 2.05) is 32.1 Å². The summed E-state index contributed by atoms with van der Waals surface area (Å²) in [6, 6.07) is 8.93. The minimum Gasteiger partial charge on any atom is -0.376 e. The highest BCUT2D eigenvalue weighted by Crippen LogP contribution is 2.63. The fourth-order valence-corrected chi connectivity index (χ4v) is 13.1. The maximum Gasteiger partial charge on any atom is 0.187 e. The zero-order chi connectivity index (χ0) is 44.4. The molecule has 1 aromatic heterocycles. The number of nitrogens with zero attached hydrogens (tertiary/aromatic N) is 2. The molecule has 0 radical (unpaired) electrons. The highest BCUT2D eigenvalue weighted by atomic mass is 32.1. The van der Waals surface area contributed by atoms with E-state index < -0.39 is 18.3 Å². The van der Waals surface area contributed by atoms with Gasteiger partial charge in [-0.15, -0.1) is 11.3 Å². The van der Waals surface area contributed by atoms with Gasteiger partial charge in [0.2, 0.25) is 0 Å². The van der Waals surface area contributed by atoms with Crippen molar-refractivity contribution in [3.05, 3.63) is 52.0 Å². The van der Waals surface area contributed by atoms with Crippen LogP contribution in [0.4, 0.5) is 0 Å². The summed E-state index contributed by atoms with van der Waals surface area (Å²) in [4.78, 5) is 29.0. The number of likely N-dealkylation sites (N-methyl/N-ethyl adjacent to an activating group) is 1. The van der Waals surface area contributed by atoms with E-state index in [0.29, 0.717) is 25.3 Å². The van der Waals surface area contributed by atoms with Crippen molar-refractivity contribution in [2.45, 2.75) is 179 Å². The number of carbonyl (C=O) groups excluding carboxylic acids is 1. The maximum absolute atomic E-state index is 15.2. The fourth-order valence-electron chi connectivity index (χ4n) is 11.8. The van der Waals surface area contributed by atoms with E-state index in [2.05, 4.69) is 70.1 Å². The normalized spacial score (nSPS) is 35.9. The van der Waals surface area contributed by atoms with Gasteiger partial charge >= 0.3 is 0 Å². The molecule has 1 N–H and O–H groups in total. The van der Waals surface area contributed by atoms with Gasteiger partial charge in [-0.25, -0.2) is 9.87 Å². The van der Waals surface area contributed by atoms with Crippen LogP contribution < -0.4 is 0 Å². The molecule has 7 rings (SSSR count). The zero-order valence-corrected chi connectivity index (χ0v) is 39.8. The van der Waals surface area contributed by atoms with Crippen molar-refractivity contribution in [2.75, 3.05) is 35.4 Å². The Morgan fingerprint density at radius 2 is 1.76 bits per heavy atom. The molecule has 346 valence electrons. The molecule has 62 heavy (non-hydrogen) atoms. The first kappa shape index (κ1) is 47.8. The van der Waals surface area contributed by atoms with Gasteiger partial charge in [-0.2, -0.15) is 0 Å². The van der Waals surface area contributed by atoms with E-state index in [1.54, 1.807) is 21.3 Å². The molecule has 0 spiro atoms. The Labute approximate surface area is 374 Å². The molecule has 0 amide bonds. The largest absolute Gasteiger partial charge is 0.376 e. The van der Waals surface area contributed by atoms with E-state index in [-0.39, 0.29) is 84.4 Å². The standard InChI is InChI=1S/C49H74N2O10S/c1-12-31(61-53)18-15-19-39(60-40-21-20-38(51(7)8)28(5)57-40)27(4)43(52)37-25-35-34-23-32(59-49-46(56-11)45(55-10)44(54-9)29(6)58-49)24-36(34)42-47(41(35)33(37)13-2)62-48(50-42)30-17-14-16-26(3)22-30/h14,16-17,22,25,27-29,31-36,38-41,44-46,49,53H,12-13,15,18-21,23-24H2,1-11H3/t27-,28?,29?,31+,32+,33-,34+,35+,36-,38+,39+,40+,41+,44+,45?,46?,49+/m1/s1. The number of fused-ring (bicyclic) bond motifs is 6. The molecule has 1 aromatic carbocycles. The van der Waals surface area contributed by atoms with Crippen LogP contribution in [0.25, 0.3) is 10.6 Å². The lowest BCUT2D eigenvalue weighted by Gasteiger charge is -2.44. The second-order valence-electron chi connectivity index (χ2n) is 19.0. The first-order valence-electron chi connectivity index (χ1n) is 23.4. The molecular weight excluding hydrogens is 809 g/mol. The van der Waals surface area contributed by atoms with Crippen LogP contribution in [0.2, 0.25) is 0 Å². The number of rotatable bonds is 19. The highest BCUT2D eigenvalue weighted by Gasteiger charge is 2.56. The average molecular weight is 883 g/mol. The van der Waals surface area contributed by atoms with Crippen LogP contribution in [0.5, 0.6) is 0 Å². The minimum atomic E-state index is -0.621. The monoisotopic (exact) mass is 883 g/mol. The Bertz CT molecular complexity index is 1820. The number of carbonyl (C=O) groups is 1. The summed E-state index contributed by atoms with van der Waals surface area (Å²) in [6.07, 6.45) is 6.33. The number of ether oxygens (including phenoxy) is 7. The molecule has 2 aliphatic heterocycles. The average Bonchev–Trinajstić information content (AvgIpc) is 3.99. The Hall–Kier alpha value is -2.14. The number of methoxy groups -OCH3 is 3. The third-order valence-corrected chi connectivity index (χ3v) is 16.3. The molecule has 12 nitrogen and oxygen atoms in total. The van der Waals surface area contributed by atoms with E-state index in [1.165, 1.54) is 16.1 Å². The topological polar surface area (TPSA) is 127 Å². The predicted molar refractivity (Wildman–Crippen MR) is 239 cm³/mol. The summed E-state index contributed by atoms with van der Waals surface area (Å²) in [7, 11) is 9.21. The quantitative estimate of drug-likeness (QED) is 0.107. The van der Waals surface area contributed by atoms with Crippen LogP contribution in [0, 0.1) is 30.6 Å². The number of benzene rings is 1. The molecule has 2 saturated heterocycles. The molecule has 17 atom stereocenters. The van der Waals surface area contributed by atoms with Gasteiger partial charge in [-0.1, -0.05) is 50.6 Å². The first-order chi connectivity index (χ1) is 29.8. The number of allylic oxidation sites excluding steroid dienone is 2. The van der Waals surface area contributed by atoms with Crippen molar-refractivity contribution in [3.63, 3.8) is 0 Å². The van der Waals surface area contributed by atoms with Crippen molar-refractivity contribution >= 4 is 17.1 Å². The van der Waals surface area contributed by atoms with Crippen molar-refractivity contribution in [1.82, 2.24) is 9.88 Å². The zero-order valence-electron chi connectivity index (χ0n) is 39.0. The van der Waals surface area contributed by atoms with E-state index in [4.69, 9.17) is 43.0 Å². The Morgan fingerprint density at radius 3 is 2.40 bits per heavy atom. The van der Waals surface area contributed by atoms with E-state index in [0.717, 1.165) is 54.7 Å². The van der Waals surface area contributed by atoms with Crippen molar-refractivity contribution in [3.8, 4) is 10.6 Å². The molecule has 3 heterocycles. The van der Waals surface area contributed by atoms with Crippen LogP contribution in [0.3, 0.4) is 0 Å². The van der Waals surface area contributed by atoms with Gasteiger partial charge in [-0.3, -0.25) is 10.1 Å². The first-order valence-corrected chi connectivity index (χ1v) is 24.2. The molecule has 4 unspecified atom stereocenters. The number of hydrogen-bond acceptors (Lipinski definition) is 13. The summed E-state index contributed by atoms with van der Waals surface area (Å²) < 4.78 is 44.4. The molecular formula is C49H74N2O10S. The number of hydrogen-bond donors (Lipinski definition) is 1. The molecule has 3 fully saturated rings. The third kappa shape index (κ3) is 9.70. The lowest BCUT2D eigenvalue weighted by molar-refractivity contribution is -0.314. The Kier molecular flexibility index (Phi) is 16.2. The van der Waals surface area contributed by atoms with Crippen LogP contribution in [-0.2, 0) is 42.8 Å². The smallest absolute Gasteiger partial charge is 0.187 e. The summed E-state index contributed by atoms with van der Waals surface area (Å²) >= 11 is 1.81. The Balaban J connectivity index is 1.18. The van der Waals surface area contributed by atoms with Crippen LogP contribution in [-0.4, -0.2) is 124 Å². The second-order valence-corrected chi connectivity index (χ2v) is 20.0. The molecule has 1 saturated carbocycles. The minimum absolute atomic E-state index is 0.00963. The van der Waals surface area contributed by atoms with E-state index >= 15 is 4.79 Å². The van der Waals surface area contributed by atoms with Gasteiger partial charge in [0.15, 0.2) is 18.4 Å². The van der Waals surface area contributed by atoms with Crippen molar-refractivity contribution in [2.24, 2.45) is 23.7 Å². The molecule has 13 heteroatoms. The Morgan fingerprint density at radius 1 is 1.00 bits per heavy atom. The molecule has 3 aliphatic carbocycles. The number of aromatic nitrogens is 1. The summed E-state index contributed by atoms with van der Waals surface area (Å²) in [5, 5.41) is 10.5. The number of ketones is 1. The maximum atomic E-state index is 15.2. The summed E-state index contributed by atoms with van der Waals surface area (Å²) in [6.45, 7) is 12.5. The number of thiazole rings is 1. The SMILES string of the molecule is CC[C@@H](CCC[C@H](O[C@H]1CC[C@H](N(C)C)C(C)O1)[C@@H](C)C(=O)C1=C[C@H]2[C@@H]3C[C@H](O[C@@H]4OC(C)[C@H](OC)C(OC)C4OC)C[C@H]3c3nc(-c4cccc(C)c4)sc3[C@H]2[C@@H]1CC)OO. The van der Waals surface area contributed by atoms with Gasteiger partial charge < -0.3 is 38.1 Å². The van der Waals surface area contributed by atoms with E-state index in [9.17, 15) is 5.26 Å². The van der Waals surface area contributed by atoms with Gasteiger partial charge in [0.25, 0.3) is 0 Å². The fraction of sp³-hybridized carbons (Fsp3) is 0.755. The predicted octanol–water partition coefficient (Wildman–Crippen LogP) is 8.95. The van der Waals surface area contributed by atoms with Gasteiger partial charge in [0.1, 0.15) is 23.3 Å². The van der Waals surface area contributed by atoms with Crippen molar-refractivity contribution < 1.29 is 48.1 Å². The van der Waals surface area contributed by atoms with Gasteiger partial charge in [-0.05, 0) is 122 Å². The highest BCUT2D eigenvalue weighted by molar-refractivity contribution is 7.15. The molecule has 5 aliphatic rings. The van der Waals surface area contributed by atoms with Gasteiger partial charge in [0.05, 0.1) is 36.2 Å². The van der Waals surface area contributed by atoms with Crippen LogP contribution in [0.15, 0.2) is 35.9 Å². The lowest BCUT2D eigenvalue weighted by atomic mass is 9.68. The van der Waals surface area contributed by atoms with Gasteiger partial charge in [0, 0.05) is 55.6 Å². The number of aryl methyl sites for hydroxylation is 1. The number of Topliss-reactive ketones (excluding diaryl/α,β-unsaturated/α-hetero) is 1. The molecule has 0 bridgehead atoms. The molecule has 2 aromatic rings. The van der Waals surface area contributed by atoms with Crippen molar-refractivity contribution in [1.29, 1.82) is 0 Å². The second kappa shape index (κ2) is 21.0. The summed E-state index contributed by atoms with van der Waals surface area (Å²) in [5.41, 5.74) is 4.43. The lowest BCUT2D eigenvalue weighted by Crippen LogP contribution is -2.59. The van der Waals surface area contributed by atoms with Crippen LogP contribution in [0.1, 0.15) is 120 Å². The third-order valence-electron chi connectivity index (χ3n) is 15.1.